The summed E-state index contributed by atoms with van der Waals surface area (Å²) in [7, 11) is 0. The molecular weight excluding hydrogens is 212 g/mol. The molecule has 1 N–H and O–H groups in total. The molecule has 0 aliphatic carbocycles. The lowest BCUT2D eigenvalue weighted by Crippen LogP contribution is -2.16. The van der Waals surface area contributed by atoms with Crippen molar-refractivity contribution in [3.8, 4) is 0 Å². The van der Waals surface area contributed by atoms with Crippen molar-refractivity contribution in [3.63, 3.8) is 0 Å². The lowest BCUT2D eigenvalue weighted by molar-refractivity contribution is 0.0745. The minimum absolute atomic E-state index is 0.473. The van der Waals surface area contributed by atoms with E-state index in [2.05, 4.69) is 4.98 Å². The van der Waals surface area contributed by atoms with Crippen LogP contribution < -0.4 is 0 Å². The highest BCUT2D eigenvalue weighted by Crippen LogP contribution is 2.28. The molecule has 0 aromatic carbocycles. The number of pyridine rings is 1. The van der Waals surface area contributed by atoms with Gasteiger partial charge >= 0.3 is 0 Å². The lowest BCUT2D eigenvalue weighted by atomic mass is 10.1. The Morgan fingerprint density at radius 2 is 2.13 bits per heavy atom. The third-order valence-corrected chi connectivity index (χ3v) is 2.73. The van der Waals surface area contributed by atoms with Gasteiger partial charge in [-0.15, -0.1) is 0 Å². The zero-order valence-electron chi connectivity index (χ0n) is 8.95. The van der Waals surface area contributed by atoms with Gasteiger partial charge in [0.05, 0.1) is 0 Å². The Morgan fingerprint density at radius 1 is 1.47 bits per heavy atom. The van der Waals surface area contributed by atoms with Gasteiger partial charge in [0.2, 0.25) is 0 Å². The molecule has 2 heterocycles. The second kappa shape index (κ2) is 3.22. The predicted molar refractivity (Wildman–Crippen MR) is 60.2 cm³/mol. The standard InChI is InChI=1S/C11H13ClN2O/c1-7-5-4-6-14-9(12)8(11(2,3)15)13-10(7)14/h4-6,15H,1-3H3. The van der Waals surface area contributed by atoms with Crippen molar-refractivity contribution in [2.24, 2.45) is 0 Å². The number of imidazole rings is 1. The van der Waals surface area contributed by atoms with Gasteiger partial charge in [0.25, 0.3) is 0 Å². The fourth-order valence-electron chi connectivity index (χ4n) is 1.56. The summed E-state index contributed by atoms with van der Waals surface area (Å²) in [6, 6.07) is 3.87. The van der Waals surface area contributed by atoms with E-state index in [1.165, 1.54) is 0 Å². The van der Waals surface area contributed by atoms with Gasteiger partial charge in [-0.1, -0.05) is 17.7 Å². The molecule has 15 heavy (non-hydrogen) atoms. The van der Waals surface area contributed by atoms with Gasteiger partial charge in [0, 0.05) is 6.20 Å². The third-order valence-electron chi connectivity index (χ3n) is 2.37. The average Bonchev–Trinajstić information content (AvgIpc) is 2.45. The first-order chi connectivity index (χ1) is 6.91. The molecule has 0 spiro atoms. The molecule has 0 aliphatic heterocycles. The Balaban J connectivity index is 2.81. The molecule has 0 amide bonds. The highest BCUT2D eigenvalue weighted by atomic mass is 35.5. The molecule has 80 valence electrons. The van der Waals surface area contributed by atoms with Crippen LogP contribution in [0.2, 0.25) is 5.15 Å². The van der Waals surface area contributed by atoms with E-state index in [-0.39, 0.29) is 0 Å². The summed E-state index contributed by atoms with van der Waals surface area (Å²) in [5, 5.41) is 10.4. The molecule has 0 bridgehead atoms. The minimum atomic E-state index is -1.02. The summed E-state index contributed by atoms with van der Waals surface area (Å²) in [5.41, 5.74) is 1.32. The summed E-state index contributed by atoms with van der Waals surface area (Å²) >= 11 is 6.15. The summed E-state index contributed by atoms with van der Waals surface area (Å²) in [4.78, 5) is 4.36. The summed E-state index contributed by atoms with van der Waals surface area (Å²) < 4.78 is 1.78. The van der Waals surface area contributed by atoms with E-state index in [1.807, 2.05) is 25.3 Å². The summed E-state index contributed by atoms with van der Waals surface area (Å²) in [6.45, 7) is 5.32. The minimum Gasteiger partial charge on any atom is -0.384 e. The normalized spacial score (nSPS) is 12.3. The number of hydrogen-bond donors (Lipinski definition) is 1. The predicted octanol–water partition coefficient (Wildman–Crippen LogP) is 2.52. The molecule has 3 nitrogen and oxygen atoms in total. The van der Waals surface area contributed by atoms with Crippen LogP contribution in [0.1, 0.15) is 25.1 Å². The van der Waals surface area contributed by atoms with Crippen LogP contribution in [0.4, 0.5) is 0 Å². The molecule has 2 aromatic heterocycles. The van der Waals surface area contributed by atoms with Crippen molar-refractivity contribution in [2.75, 3.05) is 0 Å². The van der Waals surface area contributed by atoms with Crippen LogP contribution in [-0.2, 0) is 5.60 Å². The fourth-order valence-corrected chi connectivity index (χ4v) is 1.97. The number of aryl methyl sites for hydroxylation is 1. The fraction of sp³-hybridized carbons (Fsp3) is 0.364. The van der Waals surface area contributed by atoms with Crippen LogP contribution in [-0.4, -0.2) is 14.5 Å². The topological polar surface area (TPSA) is 37.5 Å². The van der Waals surface area contributed by atoms with Gasteiger partial charge in [-0.3, -0.25) is 4.40 Å². The Labute approximate surface area is 93.3 Å². The number of halogens is 1. The van der Waals surface area contributed by atoms with Crippen LogP contribution in [0.3, 0.4) is 0 Å². The molecule has 2 aromatic rings. The van der Waals surface area contributed by atoms with E-state index in [4.69, 9.17) is 11.6 Å². The quantitative estimate of drug-likeness (QED) is 0.808. The van der Waals surface area contributed by atoms with Crippen LogP contribution in [0.5, 0.6) is 0 Å². The monoisotopic (exact) mass is 224 g/mol. The molecule has 0 atom stereocenters. The SMILES string of the molecule is Cc1cccn2c(Cl)c(C(C)(C)O)nc12. The molecule has 0 aliphatic rings. The molecule has 0 unspecified atom stereocenters. The number of nitrogens with zero attached hydrogens (tertiary/aromatic N) is 2. The number of rotatable bonds is 1. The second-order valence-electron chi connectivity index (χ2n) is 4.20. The van der Waals surface area contributed by atoms with Gasteiger partial charge in [-0.2, -0.15) is 0 Å². The van der Waals surface area contributed by atoms with E-state index >= 15 is 0 Å². The zero-order chi connectivity index (χ0) is 11.2. The Bertz CT molecular complexity index is 511. The maximum Gasteiger partial charge on any atom is 0.141 e. The molecule has 0 fully saturated rings. The van der Waals surface area contributed by atoms with E-state index in [9.17, 15) is 5.11 Å². The largest absolute Gasteiger partial charge is 0.384 e. The van der Waals surface area contributed by atoms with Crippen LogP contribution in [0, 0.1) is 6.92 Å². The molecule has 0 saturated carbocycles. The molecule has 0 saturated heterocycles. The number of fused-ring (bicyclic) bond motifs is 1. The summed E-state index contributed by atoms with van der Waals surface area (Å²) in [6.07, 6.45) is 1.84. The number of aliphatic hydroxyl groups is 1. The zero-order valence-corrected chi connectivity index (χ0v) is 9.71. The third kappa shape index (κ3) is 1.62. The van der Waals surface area contributed by atoms with Crippen molar-refractivity contribution in [1.82, 2.24) is 9.38 Å². The van der Waals surface area contributed by atoms with Gasteiger partial charge in [-0.05, 0) is 32.4 Å². The number of aromatic nitrogens is 2. The van der Waals surface area contributed by atoms with Crippen molar-refractivity contribution < 1.29 is 5.11 Å². The van der Waals surface area contributed by atoms with Crippen LogP contribution in [0.15, 0.2) is 18.3 Å². The first-order valence-corrected chi connectivity index (χ1v) is 5.15. The first-order valence-electron chi connectivity index (χ1n) is 4.77. The molecular formula is C11H13ClN2O. The van der Waals surface area contributed by atoms with Crippen molar-refractivity contribution >= 4 is 17.2 Å². The van der Waals surface area contributed by atoms with Gasteiger partial charge < -0.3 is 5.11 Å². The molecule has 4 heteroatoms. The van der Waals surface area contributed by atoms with E-state index in [1.54, 1.807) is 18.2 Å². The summed E-state index contributed by atoms with van der Waals surface area (Å²) in [5.74, 6) is 0. The Morgan fingerprint density at radius 3 is 2.67 bits per heavy atom. The highest BCUT2D eigenvalue weighted by Gasteiger charge is 2.25. The van der Waals surface area contributed by atoms with Crippen molar-refractivity contribution in [3.05, 3.63) is 34.7 Å². The Kier molecular flexibility index (Phi) is 2.24. The van der Waals surface area contributed by atoms with Gasteiger partial charge in [0.1, 0.15) is 22.1 Å². The van der Waals surface area contributed by atoms with Crippen LogP contribution >= 0.6 is 11.6 Å². The van der Waals surface area contributed by atoms with E-state index in [0.717, 1.165) is 11.2 Å². The maximum absolute atomic E-state index is 9.90. The molecule has 0 radical (unpaired) electrons. The number of hydrogen-bond acceptors (Lipinski definition) is 2. The lowest BCUT2D eigenvalue weighted by Gasteiger charge is -2.13. The van der Waals surface area contributed by atoms with Gasteiger partial charge in [0.15, 0.2) is 0 Å². The smallest absolute Gasteiger partial charge is 0.141 e. The first kappa shape index (κ1) is 10.5. The average molecular weight is 225 g/mol. The van der Waals surface area contributed by atoms with E-state index in [0.29, 0.717) is 10.8 Å². The Hall–Kier alpha value is -1.06. The maximum atomic E-state index is 9.90. The van der Waals surface area contributed by atoms with E-state index < -0.39 is 5.60 Å². The van der Waals surface area contributed by atoms with Crippen molar-refractivity contribution in [1.29, 1.82) is 0 Å². The van der Waals surface area contributed by atoms with Crippen molar-refractivity contribution in [2.45, 2.75) is 26.4 Å². The second-order valence-corrected chi connectivity index (χ2v) is 4.55. The van der Waals surface area contributed by atoms with Crippen LogP contribution in [0.25, 0.3) is 5.65 Å². The van der Waals surface area contributed by atoms with Gasteiger partial charge in [-0.25, -0.2) is 4.98 Å². The molecule has 2 rings (SSSR count). The highest BCUT2D eigenvalue weighted by molar-refractivity contribution is 6.30.